The van der Waals surface area contributed by atoms with Gasteiger partial charge in [0.25, 0.3) is 0 Å². The number of nitrogens with one attached hydrogen (secondary N) is 2. The SMILES string of the molecule is CC(C)(C)NC(=O)[C@H]1CC[C@H]2[C@@H]3CC[C@H]4NC(=O)C=C[C@@]4(C)[C@H]3CC[C@]12C. The first kappa shape index (κ1) is 19.0. The maximum atomic E-state index is 13.0. The Hall–Kier alpha value is -1.32. The van der Waals surface area contributed by atoms with Gasteiger partial charge in [0, 0.05) is 22.9 Å². The van der Waals surface area contributed by atoms with Gasteiger partial charge in [0.05, 0.1) is 0 Å². The fraction of sp³-hybridized carbons (Fsp3) is 0.826. The van der Waals surface area contributed by atoms with Gasteiger partial charge in [-0.1, -0.05) is 19.9 Å². The molecular formula is C23H36N2O2. The van der Waals surface area contributed by atoms with E-state index in [0.717, 1.165) is 19.3 Å². The zero-order chi connectivity index (χ0) is 19.6. The molecule has 0 aromatic rings. The van der Waals surface area contributed by atoms with Gasteiger partial charge in [0.15, 0.2) is 0 Å². The summed E-state index contributed by atoms with van der Waals surface area (Å²) in [5, 5.41) is 6.48. The van der Waals surface area contributed by atoms with Crippen LogP contribution in [0.5, 0.6) is 0 Å². The number of carbonyl (C=O) groups excluding carboxylic acids is 2. The molecule has 7 atom stereocenters. The van der Waals surface area contributed by atoms with E-state index in [9.17, 15) is 9.59 Å². The lowest BCUT2D eigenvalue weighted by Gasteiger charge is -2.58. The molecule has 4 heteroatoms. The Morgan fingerprint density at radius 3 is 2.56 bits per heavy atom. The van der Waals surface area contributed by atoms with Gasteiger partial charge >= 0.3 is 0 Å². The largest absolute Gasteiger partial charge is 0.351 e. The number of carbonyl (C=O) groups is 2. The Labute approximate surface area is 163 Å². The van der Waals surface area contributed by atoms with Gasteiger partial charge in [-0.25, -0.2) is 0 Å². The van der Waals surface area contributed by atoms with Crippen LogP contribution >= 0.6 is 0 Å². The highest BCUT2D eigenvalue weighted by Crippen LogP contribution is 2.65. The molecule has 0 spiro atoms. The summed E-state index contributed by atoms with van der Waals surface area (Å²) < 4.78 is 0. The van der Waals surface area contributed by atoms with E-state index in [1.807, 2.05) is 0 Å². The maximum absolute atomic E-state index is 13.0. The maximum Gasteiger partial charge on any atom is 0.243 e. The van der Waals surface area contributed by atoms with E-state index in [-0.39, 0.29) is 40.1 Å². The first-order valence-electron chi connectivity index (χ1n) is 10.9. The number of rotatable bonds is 1. The van der Waals surface area contributed by atoms with Crippen LogP contribution in [0.25, 0.3) is 0 Å². The van der Waals surface area contributed by atoms with E-state index in [0.29, 0.717) is 17.8 Å². The van der Waals surface area contributed by atoms with Crippen LogP contribution in [0.15, 0.2) is 12.2 Å². The molecule has 27 heavy (non-hydrogen) atoms. The molecular weight excluding hydrogens is 336 g/mol. The lowest BCUT2D eigenvalue weighted by Crippen LogP contribution is -2.59. The van der Waals surface area contributed by atoms with Crippen molar-refractivity contribution in [3.05, 3.63) is 12.2 Å². The minimum absolute atomic E-state index is 0.0661. The number of hydrogen-bond acceptors (Lipinski definition) is 2. The van der Waals surface area contributed by atoms with Crippen LogP contribution in [-0.2, 0) is 9.59 Å². The fourth-order valence-electron chi connectivity index (χ4n) is 7.22. The first-order chi connectivity index (χ1) is 12.5. The average molecular weight is 373 g/mol. The molecule has 3 saturated carbocycles. The van der Waals surface area contributed by atoms with Crippen molar-refractivity contribution in [1.29, 1.82) is 0 Å². The highest BCUT2D eigenvalue weighted by atomic mass is 16.2. The zero-order valence-corrected chi connectivity index (χ0v) is 17.6. The number of fused-ring (bicyclic) bond motifs is 5. The highest BCUT2D eigenvalue weighted by Gasteiger charge is 2.60. The van der Waals surface area contributed by atoms with Crippen LogP contribution < -0.4 is 10.6 Å². The van der Waals surface area contributed by atoms with Crippen LogP contribution in [0.3, 0.4) is 0 Å². The summed E-state index contributed by atoms with van der Waals surface area (Å²) >= 11 is 0. The summed E-state index contributed by atoms with van der Waals surface area (Å²) in [7, 11) is 0. The summed E-state index contributed by atoms with van der Waals surface area (Å²) in [6, 6.07) is 0.280. The number of amides is 2. The highest BCUT2D eigenvalue weighted by molar-refractivity contribution is 5.89. The summed E-state index contributed by atoms with van der Waals surface area (Å²) in [4.78, 5) is 24.9. The topological polar surface area (TPSA) is 58.2 Å². The lowest BCUT2D eigenvalue weighted by atomic mass is 9.48. The van der Waals surface area contributed by atoms with E-state index in [1.165, 1.54) is 19.3 Å². The molecule has 4 nitrogen and oxygen atoms in total. The smallest absolute Gasteiger partial charge is 0.243 e. The second kappa shape index (κ2) is 6.09. The zero-order valence-electron chi connectivity index (χ0n) is 17.6. The molecule has 3 aliphatic carbocycles. The minimum Gasteiger partial charge on any atom is -0.351 e. The van der Waals surface area contributed by atoms with E-state index < -0.39 is 0 Å². The Balaban J connectivity index is 1.58. The van der Waals surface area contributed by atoms with E-state index >= 15 is 0 Å². The molecule has 0 aromatic carbocycles. The van der Waals surface area contributed by atoms with Crippen LogP contribution in [0, 0.1) is 34.5 Å². The monoisotopic (exact) mass is 372 g/mol. The molecule has 0 unspecified atom stereocenters. The predicted molar refractivity (Wildman–Crippen MR) is 107 cm³/mol. The fourth-order valence-corrected chi connectivity index (χ4v) is 7.22. The Bertz CT molecular complexity index is 678. The lowest BCUT2D eigenvalue weighted by molar-refractivity contribution is -0.135. The summed E-state index contributed by atoms with van der Waals surface area (Å²) in [6.07, 6.45) is 10.7. The Kier molecular flexibility index (Phi) is 4.29. The second-order valence-electron chi connectivity index (χ2n) is 11.1. The van der Waals surface area contributed by atoms with E-state index in [4.69, 9.17) is 0 Å². The Morgan fingerprint density at radius 1 is 1.11 bits per heavy atom. The van der Waals surface area contributed by atoms with Gasteiger partial charge in [-0.2, -0.15) is 0 Å². The van der Waals surface area contributed by atoms with Crippen LogP contribution in [0.2, 0.25) is 0 Å². The van der Waals surface area contributed by atoms with Crippen LogP contribution in [-0.4, -0.2) is 23.4 Å². The molecule has 150 valence electrons. The van der Waals surface area contributed by atoms with Crippen LogP contribution in [0.4, 0.5) is 0 Å². The molecule has 1 heterocycles. The molecule has 1 aliphatic heterocycles. The van der Waals surface area contributed by atoms with Crippen molar-refractivity contribution in [3.8, 4) is 0 Å². The third-order valence-corrected chi connectivity index (χ3v) is 8.50. The second-order valence-corrected chi connectivity index (χ2v) is 11.1. The number of hydrogen-bond donors (Lipinski definition) is 2. The quantitative estimate of drug-likeness (QED) is 0.735. The Morgan fingerprint density at radius 2 is 1.85 bits per heavy atom. The molecule has 0 saturated heterocycles. The molecule has 0 aromatic heterocycles. The van der Waals surface area contributed by atoms with Crippen molar-refractivity contribution >= 4 is 11.8 Å². The van der Waals surface area contributed by atoms with Crippen molar-refractivity contribution in [1.82, 2.24) is 10.6 Å². The van der Waals surface area contributed by atoms with Crippen molar-refractivity contribution < 1.29 is 9.59 Å². The average Bonchev–Trinajstić information content (AvgIpc) is 2.91. The van der Waals surface area contributed by atoms with E-state index in [1.54, 1.807) is 6.08 Å². The first-order valence-corrected chi connectivity index (χ1v) is 10.9. The minimum atomic E-state index is -0.167. The van der Waals surface area contributed by atoms with Crippen molar-refractivity contribution in [2.24, 2.45) is 34.5 Å². The summed E-state index contributed by atoms with van der Waals surface area (Å²) in [6.45, 7) is 11.0. The standard InChI is InChI=1S/C23H36N2O2/c1-21(2,3)25-20(27)17-8-7-15-14-6-9-18-23(5,13-11-19(26)24-18)16(14)10-12-22(15,17)4/h11,13-18H,6-10,12H2,1-5H3,(H,24,26)(H,25,27)/t14-,15-,16-,17+,18+,22-,23-/m0/s1. The van der Waals surface area contributed by atoms with Crippen molar-refractivity contribution in [3.63, 3.8) is 0 Å². The normalized spacial score (nSPS) is 46.1. The third-order valence-electron chi connectivity index (χ3n) is 8.50. The van der Waals surface area contributed by atoms with E-state index in [2.05, 4.69) is 51.3 Å². The molecule has 2 amide bonds. The molecule has 4 aliphatic rings. The summed E-state index contributed by atoms with van der Waals surface area (Å²) in [5.74, 6) is 2.41. The summed E-state index contributed by atoms with van der Waals surface area (Å²) in [5.41, 5.74) is 0.0323. The molecule has 3 fully saturated rings. The van der Waals surface area contributed by atoms with Gasteiger partial charge in [-0.15, -0.1) is 0 Å². The van der Waals surface area contributed by atoms with Gasteiger partial charge < -0.3 is 10.6 Å². The van der Waals surface area contributed by atoms with Gasteiger partial charge in [-0.05, 0) is 88.5 Å². The van der Waals surface area contributed by atoms with Crippen molar-refractivity contribution in [2.45, 2.75) is 84.7 Å². The predicted octanol–water partition coefficient (Wildman–Crippen LogP) is 3.81. The van der Waals surface area contributed by atoms with Crippen LogP contribution in [0.1, 0.15) is 73.1 Å². The molecule has 4 rings (SSSR count). The molecule has 0 bridgehead atoms. The van der Waals surface area contributed by atoms with Gasteiger partial charge in [-0.3, -0.25) is 9.59 Å². The van der Waals surface area contributed by atoms with Gasteiger partial charge in [0.1, 0.15) is 0 Å². The molecule has 2 N–H and O–H groups in total. The van der Waals surface area contributed by atoms with Gasteiger partial charge in [0.2, 0.25) is 11.8 Å². The third kappa shape index (κ3) is 2.94. The van der Waals surface area contributed by atoms with Crippen molar-refractivity contribution in [2.75, 3.05) is 0 Å². The molecule has 0 radical (unpaired) electrons.